The molecule has 1 atom stereocenters. The van der Waals surface area contributed by atoms with Gasteiger partial charge in [-0.2, -0.15) is 0 Å². The van der Waals surface area contributed by atoms with Crippen molar-refractivity contribution in [3.05, 3.63) is 0 Å². The fraction of sp³-hybridized carbons (Fsp3) is 0.867. The van der Waals surface area contributed by atoms with Gasteiger partial charge >= 0.3 is 0 Å². The largest absolute Gasteiger partial charge is 0.354 e. The number of amides is 2. The van der Waals surface area contributed by atoms with Crippen molar-refractivity contribution >= 4 is 11.8 Å². The van der Waals surface area contributed by atoms with Gasteiger partial charge < -0.3 is 16.0 Å². The van der Waals surface area contributed by atoms with Crippen LogP contribution in [0.2, 0.25) is 0 Å². The zero-order valence-electron chi connectivity index (χ0n) is 13.1. The molecule has 0 radical (unpaired) electrons. The molecule has 0 spiro atoms. The van der Waals surface area contributed by atoms with E-state index in [9.17, 15) is 9.59 Å². The lowest BCUT2D eigenvalue weighted by Crippen LogP contribution is -2.35. The Hall–Kier alpha value is -1.10. The smallest absolute Gasteiger partial charge is 0.222 e. The van der Waals surface area contributed by atoms with Crippen molar-refractivity contribution in [2.75, 3.05) is 26.2 Å². The first-order valence-corrected chi connectivity index (χ1v) is 7.59. The summed E-state index contributed by atoms with van der Waals surface area (Å²) in [6, 6.07) is 0. The Morgan fingerprint density at radius 2 is 2.05 bits per heavy atom. The minimum atomic E-state index is 0.0380. The normalized spacial score (nSPS) is 18.4. The molecular formula is C15H29N3O2. The first-order chi connectivity index (χ1) is 9.34. The maximum Gasteiger partial charge on any atom is 0.222 e. The predicted octanol–water partition coefficient (Wildman–Crippen LogP) is 1.13. The number of nitrogens with one attached hydrogen (secondary N) is 1. The van der Waals surface area contributed by atoms with E-state index in [1.807, 2.05) is 0 Å². The monoisotopic (exact) mass is 283 g/mol. The van der Waals surface area contributed by atoms with E-state index in [-0.39, 0.29) is 17.2 Å². The molecule has 3 N–H and O–H groups in total. The lowest BCUT2D eigenvalue weighted by atomic mass is 9.76. The van der Waals surface area contributed by atoms with E-state index in [0.29, 0.717) is 44.9 Å². The van der Waals surface area contributed by atoms with Crippen LogP contribution in [0.5, 0.6) is 0 Å². The summed E-state index contributed by atoms with van der Waals surface area (Å²) in [6.45, 7) is 9.00. The average Bonchev–Trinajstić information content (AvgIpc) is 2.57. The summed E-state index contributed by atoms with van der Waals surface area (Å²) in [5, 5.41) is 2.79. The molecule has 1 fully saturated rings. The Labute approximate surface area is 122 Å². The lowest BCUT2D eigenvalue weighted by molar-refractivity contribution is -0.131. The molecule has 116 valence electrons. The third-order valence-corrected chi connectivity index (χ3v) is 4.11. The number of hydrogen-bond acceptors (Lipinski definition) is 3. The highest BCUT2D eigenvalue weighted by Gasteiger charge is 2.26. The van der Waals surface area contributed by atoms with Crippen LogP contribution in [-0.4, -0.2) is 42.9 Å². The number of carbonyl (C=O) groups is 2. The predicted molar refractivity (Wildman–Crippen MR) is 80.1 cm³/mol. The van der Waals surface area contributed by atoms with Crippen molar-refractivity contribution in [3.63, 3.8) is 0 Å². The molecule has 1 saturated heterocycles. The number of rotatable bonds is 5. The first kappa shape index (κ1) is 17.0. The SMILES string of the molecule is CC(C)(C)C(CCN)CCC(=O)N1CCNC(=O)CC1. The molecule has 20 heavy (non-hydrogen) atoms. The maximum atomic E-state index is 12.2. The Morgan fingerprint density at radius 3 is 2.65 bits per heavy atom. The number of nitrogens with zero attached hydrogens (tertiary/aromatic N) is 1. The third-order valence-electron chi connectivity index (χ3n) is 4.11. The van der Waals surface area contributed by atoms with Crippen molar-refractivity contribution in [3.8, 4) is 0 Å². The quantitative estimate of drug-likeness (QED) is 0.794. The summed E-state index contributed by atoms with van der Waals surface area (Å²) in [5.74, 6) is 0.659. The molecule has 0 bridgehead atoms. The van der Waals surface area contributed by atoms with E-state index in [1.165, 1.54) is 0 Å². The van der Waals surface area contributed by atoms with Crippen LogP contribution in [0.1, 0.15) is 46.5 Å². The van der Waals surface area contributed by atoms with Gasteiger partial charge in [0.25, 0.3) is 0 Å². The second-order valence-electron chi connectivity index (χ2n) is 6.66. The molecule has 5 nitrogen and oxygen atoms in total. The van der Waals surface area contributed by atoms with Crippen molar-refractivity contribution in [2.45, 2.75) is 46.5 Å². The van der Waals surface area contributed by atoms with Gasteiger partial charge in [0, 0.05) is 32.5 Å². The van der Waals surface area contributed by atoms with Crippen LogP contribution in [0.4, 0.5) is 0 Å². The number of nitrogens with two attached hydrogens (primary N) is 1. The molecular weight excluding hydrogens is 254 g/mol. The van der Waals surface area contributed by atoms with Gasteiger partial charge in [-0.1, -0.05) is 20.8 Å². The van der Waals surface area contributed by atoms with Crippen LogP contribution in [0.15, 0.2) is 0 Å². The number of hydrogen-bond donors (Lipinski definition) is 2. The van der Waals surface area contributed by atoms with Gasteiger partial charge in [-0.05, 0) is 30.7 Å². The Bertz CT molecular complexity index is 337. The molecule has 1 aliphatic heterocycles. The van der Waals surface area contributed by atoms with Crippen LogP contribution in [-0.2, 0) is 9.59 Å². The van der Waals surface area contributed by atoms with Crippen LogP contribution >= 0.6 is 0 Å². The highest BCUT2D eigenvalue weighted by atomic mass is 16.2. The van der Waals surface area contributed by atoms with Crippen LogP contribution < -0.4 is 11.1 Å². The Balaban J connectivity index is 2.46. The fourth-order valence-corrected chi connectivity index (χ4v) is 2.68. The standard InChI is InChI=1S/C15H29N3O2/c1-15(2,3)12(6-8-16)4-5-14(20)18-10-7-13(19)17-9-11-18/h12H,4-11,16H2,1-3H3,(H,17,19). The van der Waals surface area contributed by atoms with Gasteiger partial charge in [-0.15, -0.1) is 0 Å². The molecule has 0 saturated carbocycles. The third kappa shape index (κ3) is 5.49. The molecule has 1 rings (SSSR count). The van der Waals surface area contributed by atoms with Crippen LogP contribution in [0.3, 0.4) is 0 Å². The van der Waals surface area contributed by atoms with E-state index in [0.717, 1.165) is 12.8 Å². The molecule has 5 heteroatoms. The summed E-state index contributed by atoms with van der Waals surface area (Å²) in [4.78, 5) is 25.3. The summed E-state index contributed by atoms with van der Waals surface area (Å²) in [7, 11) is 0. The molecule has 0 aliphatic carbocycles. The van der Waals surface area contributed by atoms with Crippen LogP contribution in [0, 0.1) is 11.3 Å². The zero-order chi connectivity index (χ0) is 15.2. The van der Waals surface area contributed by atoms with Gasteiger partial charge in [0.15, 0.2) is 0 Å². The van der Waals surface area contributed by atoms with Crippen molar-refractivity contribution in [1.82, 2.24) is 10.2 Å². The molecule has 1 aliphatic rings. The zero-order valence-corrected chi connectivity index (χ0v) is 13.1. The van der Waals surface area contributed by atoms with Crippen molar-refractivity contribution < 1.29 is 9.59 Å². The lowest BCUT2D eigenvalue weighted by Gasteiger charge is -2.31. The van der Waals surface area contributed by atoms with Gasteiger partial charge in [-0.25, -0.2) is 0 Å². The Kier molecular flexibility index (Phi) is 6.46. The summed E-state index contributed by atoms with van der Waals surface area (Å²) < 4.78 is 0. The van der Waals surface area contributed by atoms with Crippen LogP contribution in [0.25, 0.3) is 0 Å². The second-order valence-corrected chi connectivity index (χ2v) is 6.66. The first-order valence-electron chi connectivity index (χ1n) is 7.59. The highest BCUT2D eigenvalue weighted by molar-refractivity contribution is 5.80. The fourth-order valence-electron chi connectivity index (χ4n) is 2.68. The highest BCUT2D eigenvalue weighted by Crippen LogP contribution is 2.32. The average molecular weight is 283 g/mol. The molecule has 0 aromatic heterocycles. The minimum absolute atomic E-state index is 0.0380. The minimum Gasteiger partial charge on any atom is -0.354 e. The van der Waals surface area contributed by atoms with Gasteiger partial charge in [-0.3, -0.25) is 9.59 Å². The summed E-state index contributed by atoms with van der Waals surface area (Å²) >= 11 is 0. The molecule has 2 amide bonds. The summed E-state index contributed by atoms with van der Waals surface area (Å²) in [6.07, 6.45) is 2.79. The molecule has 0 aromatic rings. The van der Waals surface area contributed by atoms with E-state index < -0.39 is 0 Å². The van der Waals surface area contributed by atoms with Gasteiger partial charge in [0.1, 0.15) is 0 Å². The van der Waals surface area contributed by atoms with E-state index >= 15 is 0 Å². The second kappa shape index (κ2) is 7.62. The van der Waals surface area contributed by atoms with Crippen molar-refractivity contribution in [1.29, 1.82) is 0 Å². The van der Waals surface area contributed by atoms with E-state index in [4.69, 9.17) is 5.73 Å². The maximum absolute atomic E-state index is 12.2. The molecule has 1 unspecified atom stereocenters. The Morgan fingerprint density at radius 1 is 1.35 bits per heavy atom. The van der Waals surface area contributed by atoms with Gasteiger partial charge in [0.2, 0.25) is 11.8 Å². The van der Waals surface area contributed by atoms with E-state index in [2.05, 4.69) is 26.1 Å². The molecule has 1 heterocycles. The topological polar surface area (TPSA) is 75.4 Å². The number of carbonyl (C=O) groups excluding carboxylic acids is 2. The van der Waals surface area contributed by atoms with Gasteiger partial charge in [0.05, 0.1) is 0 Å². The molecule has 0 aromatic carbocycles. The summed E-state index contributed by atoms with van der Waals surface area (Å²) in [5.41, 5.74) is 5.85. The van der Waals surface area contributed by atoms with Crippen molar-refractivity contribution in [2.24, 2.45) is 17.1 Å². The van der Waals surface area contributed by atoms with E-state index in [1.54, 1.807) is 4.90 Å².